The molecule has 25 heavy (non-hydrogen) atoms. The largest absolute Gasteiger partial charge is 0.480 e. The zero-order valence-corrected chi connectivity index (χ0v) is 14.1. The maximum atomic E-state index is 12.2. The van der Waals surface area contributed by atoms with Crippen molar-refractivity contribution in [2.45, 2.75) is 31.8 Å². The van der Waals surface area contributed by atoms with E-state index in [1.165, 1.54) is 6.20 Å². The van der Waals surface area contributed by atoms with E-state index in [1.54, 1.807) is 30.1 Å². The summed E-state index contributed by atoms with van der Waals surface area (Å²) in [6.07, 6.45) is 4.54. The van der Waals surface area contributed by atoms with Gasteiger partial charge >= 0.3 is 5.97 Å². The third-order valence-electron chi connectivity index (χ3n) is 4.41. The molecule has 2 unspecified atom stereocenters. The van der Waals surface area contributed by atoms with Crippen molar-refractivity contribution < 1.29 is 14.7 Å². The van der Waals surface area contributed by atoms with E-state index in [4.69, 9.17) is 5.11 Å². The van der Waals surface area contributed by atoms with Crippen LogP contribution in [0.3, 0.4) is 0 Å². The van der Waals surface area contributed by atoms with Gasteiger partial charge in [-0.25, -0.2) is 4.68 Å². The summed E-state index contributed by atoms with van der Waals surface area (Å²) in [5.41, 5.74) is 0.433. The van der Waals surface area contributed by atoms with Crippen LogP contribution in [0.4, 0.5) is 5.95 Å². The van der Waals surface area contributed by atoms with Crippen molar-refractivity contribution in [1.29, 1.82) is 0 Å². The minimum Gasteiger partial charge on any atom is -0.480 e. The first-order valence-electron chi connectivity index (χ1n) is 8.04. The molecule has 0 radical (unpaired) electrons. The van der Waals surface area contributed by atoms with Gasteiger partial charge in [0.2, 0.25) is 5.95 Å². The summed E-state index contributed by atoms with van der Waals surface area (Å²) in [6.45, 7) is 1.96. The summed E-state index contributed by atoms with van der Waals surface area (Å²) < 4.78 is 1.77. The van der Waals surface area contributed by atoms with Gasteiger partial charge in [-0.1, -0.05) is 0 Å². The highest BCUT2D eigenvalue weighted by Crippen LogP contribution is 2.27. The normalized spacial score (nSPS) is 19.5. The summed E-state index contributed by atoms with van der Waals surface area (Å²) in [4.78, 5) is 33.2. The fraction of sp³-hybridized carbons (Fsp3) is 0.438. The molecule has 2 aromatic rings. The highest BCUT2D eigenvalue weighted by Gasteiger charge is 2.32. The molecule has 132 valence electrons. The van der Waals surface area contributed by atoms with Crippen LogP contribution in [0.15, 0.2) is 24.5 Å². The molecular formula is C16H20N6O3. The number of aromatic nitrogens is 4. The second-order valence-electron chi connectivity index (χ2n) is 6.15. The predicted molar refractivity (Wildman–Crippen MR) is 89.3 cm³/mol. The van der Waals surface area contributed by atoms with Crippen molar-refractivity contribution in [2.24, 2.45) is 0 Å². The number of amides is 1. The number of carboxylic acid groups (broad SMARTS) is 1. The van der Waals surface area contributed by atoms with Gasteiger partial charge in [0.15, 0.2) is 0 Å². The van der Waals surface area contributed by atoms with Gasteiger partial charge in [-0.2, -0.15) is 4.98 Å². The standard InChI is InChI=1S/C16H20N6O3/c1-10-12(21(2)9-14(23)24)5-6-13-18-16(20-22(10)13)19-15(25)11-4-3-7-17-8-11/h3-4,7-8,10,12H,5-6,9H2,1-2H3,(H,23,24)(H,19,20,25). The first kappa shape index (κ1) is 17.0. The average Bonchev–Trinajstić information content (AvgIpc) is 2.98. The van der Waals surface area contributed by atoms with Gasteiger partial charge in [-0.3, -0.25) is 24.8 Å². The summed E-state index contributed by atoms with van der Waals surface area (Å²) in [5, 5.41) is 16.0. The van der Waals surface area contributed by atoms with E-state index in [1.807, 2.05) is 11.8 Å². The smallest absolute Gasteiger partial charge is 0.317 e. The molecule has 0 aromatic carbocycles. The molecule has 9 nitrogen and oxygen atoms in total. The van der Waals surface area contributed by atoms with E-state index in [0.29, 0.717) is 12.0 Å². The van der Waals surface area contributed by atoms with Crippen LogP contribution >= 0.6 is 0 Å². The molecule has 2 N–H and O–H groups in total. The van der Waals surface area contributed by atoms with E-state index in [2.05, 4.69) is 20.4 Å². The number of aliphatic carboxylic acids is 1. The fourth-order valence-electron chi connectivity index (χ4n) is 3.18. The number of carbonyl (C=O) groups excluding carboxylic acids is 1. The number of nitrogens with zero attached hydrogens (tertiary/aromatic N) is 5. The highest BCUT2D eigenvalue weighted by molar-refractivity contribution is 6.03. The molecule has 3 rings (SSSR count). The highest BCUT2D eigenvalue weighted by atomic mass is 16.4. The Morgan fingerprint density at radius 3 is 2.96 bits per heavy atom. The molecule has 0 aliphatic carbocycles. The first-order chi connectivity index (χ1) is 12.0. The molecular weight excluding hydrogens is 324 g/mol. The maximum absolute atomic E-state index is 12.2. The lowest BCUT2D eigenvalue weighted by molar-refractivity contribution is -0.138. The Morgan fingerprint density at radius 2 is 2.28 bits per heavy atom. The molecule has 0 bridgehead atoms. The third kappa shape index (κ3) is 3.66. The number of carbonyl (C=O) groups is 2. The summed E-state index contributed by atoms with van der Waals surface area (Å²) >= 11 is 0. The van der Waals surface area contributed by atoms with E-state index in [0.717, 1.165) is 12.2 Å². The lowest BCUT2D eigenvalue weighted by atomic mass is 9.99. The number of pyridine rings is 1. The minimum atomic E-state index is -0.858. The van der Waals surface area contributed by atoms with Crippen LogP contribution in [0.5, 0.6) is 0 Å². The van der Waals surface area contributed by atoms with E-state index >= 15 is 0 Å². The number of fused-ring (bicyclic) bond motifs is 1. The monoisotopic (exact) mass is 344 g/mol. The van der Waals surface area contributed by atoms with Crippen LogP contribution in [-0.2, 0) is 11.2 Å². The van der Waals surface area contributed by atoms with E-state index in [-0.39, 0.29) is 30.5 Å². The number of carboxylic acids is 1. The Bertz CT molecular complexity index is 775. The second-order valence-corrected chi connectivity index (χ2v) is 6.15. The second kappa shape index (κ2) is 6.98. The lowest BCUT2D eigenvalue weighted by Gasteiger charge is -2.35. The number of anilines is 1. The van der Waals surface area contributed by atoms with Gasteiger partial charge in [-0.15, -0.1) is 5.10 Å². The quantitative estimate of drug-likeness (QED) is 0.825. The molecule has 0 saturated heterocycles. The van der Waals surface area contributed by atoms with Crippen molar-refractivity contribution in [3.63, 3.8) is 0 Å². The zero-order valence-electron chi connectivity index (χ0n) is 14.1. The SMILES string of the molecule is CC1C(N(C)CC(=O)O)CCc2nc(NC(=O)c3cccnc3)nn21. The topological polar surface area (TPSA) is 113 Å². The Labute approximate surface area is 144 Å². The zero-order chi connectivity index (χ0) is 18.0. The van der Waals surface area contributed by atoms with Crippen LogP contribution < -0.4 is 5.32 Å². The maximum Gasteiger partial charge on any atom is 0.317 e. The summed E-state index contributed by atoms with van der Waals surface area (Å²) in [6, 6.07) is 3.36. The fourth-order valence-corrected chi connectivity index (χ4v) is 3.18. The lowest BCUT2D eigenvalue weighted by Crippen LogP contribution is -2.44. The molecule has 0 saturated carbocycles. The Balaban J connectivity index is 1.74. The number of aryl methyl sites for hydroxylation is 1. The molecule has 2 atom stereocenters. The average molecular weight is 344 g/mol. The predicted octanol–water partition coefficient (Wildman–Crippen LogP) is 0.818. The number of hydrogen-bond acceptors (Lipinski definition) is 6. The Hall–Kier alpha value is -2.81. The van der Waals surface area contributed by atoms with Crippen LogP contribution in [0.2, 0.25) is 0 Å². The van der Waals surface area contributed by atoms with Crippen molar-refractivity contribution in [3.05, 3.63) is 35.9 Å². The van der Waals surface area contributed by atoms with Crippen LogP contribution in [0.1, 0.15) is 35.6 Å². The van der Waals surface area contributed by atoms with Crippen molar-refractivity contribution >= 4 is 17.8 Å². The molecule has 9 heteroatoms. The van der Waals surface area contributed by atoms with E-state index < -0.39 is 5.97 Å². The number of nitrogens with one attached hydrogen (secondary N) is 1. The van der Waals surface area contributed by atoms with Gasteiger partial charge in [0.1, 0.15) is 5.82 Å². The molecule has 0 spiro atoms. The first-order valence-corrected chi connectivity index (χ1v) is 8.04. The van der Waals surface area contributed by atoms with Crippen LogP contribution in [0, 0.1) is 0 Å². The molecule has 0 fully saturated rings. The Kier molecular flexibility index (Phi) is 4.75. The van der Waals surface area contributed by atoms with Gasteiger partial charge in [0.25, 0.3) is 5.91 Å². The minimum absolute atomic E-state index is 0.0242. The molecule has 1 amide bonds. The number of rotatable bonds is 5. The van der Waals surface area contributed by atoms with Crippen LogP contribution in [-0.4, -0.2) is 61.3 Å². The van der Waals surface area contributed by atoms with Gasteiger partial charge in [0, 0.05) is 24.9 Å². The van der Waals surface area contributed by atoms with Crippen molar-refractivity contribution in [2.75, 3.05) is 18.9 Å². The van der Waals surface area contributed by atoms with E-state index in [9.17, 15) is 9.59 Å². The summed E-state index contributed by atoms with van der Waals surface area (Å²) in [5.74, 6) is -0.141. The number of likely N-dealkylation sites (N-methyl/N-ethyl adjacent to an activating group) is 1. The van der Waals surface area contributed by atoms with Crippen molar-refractivity contribution in [1.82, 2.24) is 24.6 Å². The molecule has 2 aromatic heterocycles. The molecule has 1 aliphatic heterocycles. The molecule has 1 aliphatic rings. The number of hydrogen-bond donors (Lipinski definition) is 2. The van der Waals surface area contributed by atoms with Crippen molar-refractivity contribution in [3.8, 4) is 0 Å². The van der Waals surface area contributed by atoms with Crippen LogP contribution in [0.25, 0.3) is 0 Å². The van der Waals surface area contributed by atoms with Gasteiger partial charge < -0.3 is 5.11 Å². The van der Waals surface area contributed by atoms with Gasteiger partial charge in [-0.05, 0) is 32.5 Å². The Morgan fingerprint density at radius 1 is 1.48 bits per heavy atom. The summed E-state index contributed by atoms with van der Waals surface area (Å²) in [7, 11) is 1.79. The van der Waals surface area contributed by atoms with Gasteiger partial charge in [0.05, 0.1) is 18.2 Å². The molecule has 3 heterocycles. The third-order valence-corrected chi connectivity index (χ3v) is 4.41.